The standard InChI is InChI=1S/C11H16N2O2S/c1-6-2-3-7(4-6)10-13-8(5-16-10)9(12)11(14)15/h5-7,9H,2-4,12H2,1H3,(H,14,15). The van der Waals surface area contributed by atoms with Crippen molar-refractivity contribution in [3.05, 3.63) is 16.1 Å². The van der Waals surface area contributed by atoms with Crippen LogP contribution in [-0.4, -0.2) is 16.1 Å². The van der Waals surface area contributed by atoms with Gasteiger partial charge in [-0.3, -0.25) is 4.79 Å². The van der Waals surface area contributed by atoms with Crippen molar-refractivity contribution in [2.45, 2.75) is 38.1 Å². The Morgan fingerprint density at radius 3 is 3.00 bits per heavy atom. The van der Waals surface area contributed by atoms with E-state index in [2.05, 4.69) is 11.9 Å². The fourth-order valence-corrected chi connectivity index (χ4v) is 3.19. The van der Waals surface area contributed by atoms with Crippen LogP contribution in [0.3, 0.4) is 0 Å². The highest BCUT2D eigenvalue weighted by atomic mass is 32.1. The van der Waals surface area contributed by atoms with Crippen LogP contribution in [0.1, 0.15) is 48.8 Å². The third kappa shape index (κ3) is 2.25. The summed E-state index contributed by atoms with van der Waals surface area (Å²) in [5.41, 5.74) is 6.01. The van der Waals surface area contributed by atoms with E-state index in [0.29, 0.717) is 11.6 Å². The Morgan fingerprint density at radius 1 is 1.69 bits per heavy atom. The molecular formula is C11H16N2O2S. The second-order valence-electron chi connectivity index (χ2n) is 4.54. The third-order valence-corrected chi connectivity index (χ3v) is 4.19. The van der Waals surface area contributed by atoms with Crippen molar-refractivity contribution in [1.29, 1.82) is 0 Å². The van der Waals surface area contributed by atoms with E-state index in [9.17, 15) is 4.79 Å². The molecule has 0 bridgehead atoms. The number of carboxylic acids is 1. The van der Waals surface area contributed by atoms with E-state index in [4.69, 9.17) is 10.8 Å². The molecule has 3 N–H and O–H groups in total. The van der Waals surface area contributed by atoms with Crippen LogP contribution in [0.4, 0.5) is 0 Å². The monoisotopic (exact) mass is 240 g/mol. The topological polar surface area (TPSA) is 76.2 Å². The summed E-state index contributed by atoms with van der Waals surface area (Å²) in [5, 5.41) is 11.6. The molecule has 0 spiro atoms. The molecule has 3 atom stereocenters. The van der Waals surface area contributed by atoms with E-state index in [1.54, 1.807) is 16.7 Å². The zero-order valence-corrected chi connectivity index (χ0v) is 10.0. The van der Waals surface area contributed by atoms with Crippen LogP contribution in [0, 0.1) is 5.92 Å². The molecule has 2 rings (SSSR count). The molecule has 1 aliphatic carbocycles. The van der Waals surface area contributed by atoms with E-state index in [0.717, 1.165) is 23.8 Å². The van der Waals surface area contributed by atoms with E-state index in [1.807, 2.05) is 0 Å². The molecule has 0 aromatic carbocycles. The highest BCUT2D eigenvalue weighted by Gasteiger charge is 2.26. The van der Waals surface area contributed by atoms with Crippen molar-refractivity contribution in [1.82, 2.24) is 4.98 Å². The number of aliphatic carboxylic acids is 1. The first-order valence-electron chi connectivity index (χ1n) is 5.51. The Morgan fingerprint density at radius 2 is 2.44 bits per heavy atom. The number of carbonyl (C=O) groups is 1. The largest absolute Gasteiger partial charge is 0.480 e. The van der Waals surface area contributed by atoms with Gasteiger partial charge in [-0.15, -0.1) is 11.3 Å². The summed E-state index contributed by atoms with van der Waals surface area (Å²) >= 11 is 1.54. The minimum Gasteiger partial charge on any atom is -0.480 e. The number of hydrogen-bond acceptors (Lipinski definition) is 4. The van der Waals surface area contributed by atoms with Crippen LogP contribution in [0.25, 0.3) is 0 Å². The highest BCUT2D eigenvalue weighted by Crippen LogP contribution is 2.39. The van der Waals surface area contributed by atoms with Gasteiger partial charge in [0.15, 0.2) is 0 Å². The van der Waals surface area contributed by atoms with Crippen LogP contribution < -0.4 is 5.73 Å². The van der Waals surface area contributed by atoms with Crippen molar-refractivity contribution >= 4 is 17.3 Å². The molecule has 0 amide bonds. The Hall–Kier alpha value is -0.940. The predicted octanol–water partition coefficient (Wildman–Crippen LogP) is 2.13. The minimum absolute atomic E-state index is 0.493. The molecule has 0 radical (unpaired) electrons. The molecule has 1 aliphatic rings. The highest BCUT2D eigenvalue weighted by molar-refractivity contribution is 7.09. The Balaban J connectivity index is 2.10. The van der Waals surface area contributed by atoms with Crippen LogP contribution in [0.15, 0.2) is 5.38 Å². The van der Waals surface area contributed by atoms with Crippen molar-refractivity contribution in [3.8, 4) is 0 Å². The lowest BCUT2D eigenvalue weighted by Gasteiger charge is -2.05. The summed E-state index contributed by atoms with van der Waals surface area (Å²) in [6.07, 6.45) is 3.57. The minimum atomic E-state index is -1.02. The second-order valence-corrected chi connectivity index (χ2v) is 5.43. The molecule has 1 aromatic rings. The number of hydrogen-bond donors (Lipinski definition) is 2. The van der Waals surface area contributed by atoms with Gasteiger partial charge in [0.1, 0.15) is 6.04 Å². The Labute approximate surface area is 98.5 Å². The van der Waals surface area contributed by atoms with Crippen molar-refractivity contribution in [2.24, 2.45) is 11.7 Å². The van der Waals surface area contributed by atoms with Gasteiger partial charge in [0, 0.05) is 11.3 Å². The molecule has 16 heavy (non-hydrogen) atoms. The first-order valence-corrected chi connectivity index (χ1v) is 6.39. The van der Waals surface area contributed by atoms with E-state index >= 15 is 0 Å². The molecule has 1 heterocycles. The average molecular weight is 240 g/mol. The summed E-state index contributed by atoms with van der Waals surface area (Å²) in [5.74, 6) is 0.247. The number of rotatable bonds is 3. The smallest absolute Gasteiger partial charge is 0.326 e. The molecule has 0 saturated heterocycles. The van der Waals surface area contributed by atoms with Crippen LogP contribution in [0.5, 0.6) is 0 Å². The zero-order chi connectivity index (χ0) is 11.7. The average Bonchev–Trinajstić information content (AvgIpc) is 2.84. The lowest BCUT2D eigenvalue weighted by molar-refractivity contribution is -0.138. The fourth-order valence-electron chi connectivity index (χ4n) is 2.19. The maximum Gasteiger partial charge on any atom is 0.326 e. The number of nitrogens with zero attached hydrogens (tertiary/aromatic N) is 1. The molecule has 1 fully saturated rings. The Bertz CT molecular complexity index is 391. The summed E-state index contributed by atoms with van der Waals surface area (Å²) in [6, 6.07) is -0.983. The summed E-state index contributed by atoms with van der Waals surface area (Å²) in [7, 11) is 0. The Kier molecular flexibility index (Phi) is 3.25. The van der Waals surface area contributed by atoms with Gasteiger partial charge in [-0.25, -0.2) is 4.98 Å². The van der Waals surface area contributed by atoms with Crippen LogP contribution in [0.2, 0.25) is 0 Å². The lowest BCUT2D eigenvalue weighted by atomic mass is 10.1. The second kappa shape index (κ2) is 4.51. The van der Waals surface area contributed by atoms with E-state index in [-0.39, 0.29) is 0 Å². The molecule has 3 unspecified atom stereocenters. The van der Waals surface area contributed by atoms with Gasteiger partial charge in [0.2, 0.25) is 0 Å². The van der Waals surface area contributed by atoms with E-state index < -0.39 is 12.0 Å². The number of carboxylic acid groups (broad SMARTS) is 1. The maximum absolute atomic E-state index is 10.7. The molecular weight excluding hydrogens is 224 g/mol. The summed E-state index contributed by atoms with van der Waals surface area (Å²) < 4.78 is 0. The zero-order valence-electron chi connectivity index (χ0n) is 9.22. The maximum atomic E-state index is 10.7. The van der Waals surface area contributed by atoms with Gasteiger partial charge in [0.25, 0.3) is 0 Å². The van der Waals surface area contributed by atoms with Crippen molar-refractivity contribution in [3.63, 3.8) is 0 Å². The lowest BCUT2D eigenvalue weighted by Crippen LogP contribution is -2.21. The first-order chi connectivity index (χ1) is 7.58. The molecule has 5 heteroatoms. The quantitative estimate of drug-likeness (QED) is 0.848. The predicted molar refractivity (Wildman–Crippen MR) is 62.4 cm³/mol. The van der Waals surface area contributed by atoms with Gasteiger partial charge in [-0.05, 0) is 18.8 Å². The van der Waals surface area contributed by atoms with Gasteiger partial charge in [-0.2, -0.15) is 0 Å². The normalized spacial score (nSPS) is 26.9. The molecule has 4 nitrogen and oxygen atoms in total. The molecule has 88 valence electrons. The molecule has 0 aliphatic heterocycles. The van der Waals surface area contributed by atoms with Gasteiger partial charge < -0.3 is 10.8 Å². The van der Waals surface area contributed by atoms with Crippen LogP contribution >= 0.6 is 11.3 Å². The first kappa shape index (κ1) is 11.5. The molecule has 1 saturated carbocycles. The summed E-state index contributed by atoms with van der Waals surface area (Å²) in [6.45, 7) is 2.25. The number of aromatic nitrogens is 1. The summed E-state index contributed by atoms with van der Waals surface area (Å²) in [4.78, 5) is 15.1. The number of thiazole rings is 1. The van der Waals surface area contributed by atoms with E-state index in [1.165, 1.54) is 6.42 Å². The third-order valence-electron chi connectivity index (χ3n) is 3.17. The van der Waals surface area contributed by atoms with Crippen molar-refractivity contribution < 1.29 is 9.90 Å². The SMILES string of the molecule is CC1CCC(c2nc(C(N)C(=O)O)cs2)C1. The van der Waals surface area contributed by atoms with Gasteiger partial charge in [-0.1, -0.05) is 13.3 Å². The number of nitrogens with two attached hydrogens (primary N) is 1. The van der Waals surface area contributed by atoms with Gasteiger partial charge >= 0.3 is 5.97 Å². The van der Waals surface area contributed by atoms with Crippen molar-refractivity contribution in [2.75, 3.05) is 0 Å². The van der Waals surface area contributed by atoms with Gasteiger partial charge in [0.05, 0.1) is 10.7 Å². The molecule has 1 aromatic heterocycles. The van der Waals surface area contributed by atoms with Crippen LogP contribution in [-0.2, 0) is 4.79 Å². The fraction of sp³-hybridized carbons (Fsp3) is 0.636.